The van der Waals surface area contributed by atoms with Crippen LogP contribution in [0.3, 0.4) is 0 Å². The molecular formula is C31H39N3. The fraction of sp³-hybridized carbons (Fsp3) is 0.323. The zero-order valence-electron chi connectivity index (χ0n) is 21.5. The van der Waals surface area contributed by atoms with E-state index in [1.807, 2.05) is 6.07 Å². The van der Waals surface area contributed by atoms with Crippen LogP contribution in [-0.2, 0) is 25.8 Å². The number of benzene rings is 3. The monoisotopic (exact) mass is 453 g/mol. The second-order valence-corrected chi connectivity index (χ2v) is 9.13. The fourth-order valence-corrected chi connectivity index (χ4v) is 4.43. The van der Waals surface area contributed by atoms with Gasteiger partial charge in [0.05, 0.1) is 5.69 Å². The molecule has 0 spiro atoms. The predicted octanol–water partition coefficient (Wildman–Crippen LogP) is 7.01. The molecule has 3 aromatic carbocycles. The maximum Gasteiger partial charge on any atom is 0.131 e. The van der Waals surface area contributed by atoms with Gasteiger partial charge in [0.1, 0.15) is 5.84 Å². The minimum Gasteiger partial charge on any atom is -0.385 e. The number of hydrogen-bond acceptors (Lipinski definition) is 2. The number of aryl methyl sites for hydroxylation is 4. The van der Waals surface area contributed by atoms with Gasteiger partial charge in [0.2, 0.25) is 0 Å². The molecule has 34 heavy (non-hydrogen) atoms. The van der Waals surface area contributed by atoms with E-state index >= 15 is 0 Å². The number of amidine groups is 1. The summed E-state index contributed by atoms with van der Waals surface area (Å²) < 4.78 is 0. The summed E-state index contributed by atoms with van der Waals surface area (Å²) in [6, 6.07) is 19.2. The molecule has 0 aromatic heterocycles. The summed E-state index contributed by atoms with van der Waals surface area (Å²) in [4.78, 5) is 4.86. The lowest BCUT2D eigenvalue weighted by atomic mass is 9.95. The highest BCUT2D eigenvalue weighted by molar-refractivity contribution is 5.99. The van der Waals surface area contributed by atoms with Crippen molar-refractivity contribution in [1.82, 2.24) is 5.32 Å². The van der Waals surface area contributed by atoms with Crippen molar-refractivity contribution in [1.29, 1.82) is 0 Å². The van der Waals surface area contributed by atoms with E-state index in [0.29, 0.717) is 5.84 Å². The van der Waals surface area contributed by atoms with Gasteiger partial charge >= 0.3 is 0 Å². The van der Waals surface area contributed by atoms with Gasteiger partial charge in [-0.15, -0.1) is 0 Å². The molecule has 3 rings (SSSR count). The van der Waals surface area contributed by atoms with Gasteiger partial charge < -0.3 is 11.1 Å². The van der Waals surface area contributed by atoms with E-state index < -0.39 is 0 Å². The van der Waals surface area contributed by atoms with E-state index in [2.05, 4.69) is 95.0 Å². The molecule has 0 unspecified atom stereocenters. The third-order valence-corrected chi connectivity index (χ3v) is 6.63. The van der Waals surface area contributed by atoms with E-state index in [9.17, 15) is 0 Å². The molecule has 0 radical (unpaired) electrons. The van der Waals surface area contributed by atoms with Gasteiger partial charge in [-0.1, -0.05) is 56.8 Å². The quantitative estimate of drug-likeness (QED) is 0.256. The summed E-state index contributed by atoms with van der Waals surface area (Å²) in [5.41, 5.74) is 18.5. The van der Waals surface area contributed by atoms with Gasteiger partial charge in [0.15, 0.2) is 0 Å². The molecule has 0 saturated carbocycles. The Balaban J connectivity index is 1.73. The van der Waals surface area contributed by atoms with Gasteiger partial charge in [0, 0.05) is 17.8 Å². The van der Waals surface area contributed by atoms with Crippen LogP contribution in [0.1, 0.15) is 64.8 Å². The molecule has 3 nitrogen and oxygen atoms in total. The van der Waals surface area contributed by atoms with Crippen LogP contribution in [0.25, 0.3) is 0 Å². The Hall–Kier alpha value is -3.33. The first kappa shape index (κ1) is 25.3. The molecule has 3 N–H and O–H groups in total. The highest BCUT2D eigenvalue weighted by Gasteiger charge is 2.11. The molecule has 0 atom stereocenters. The van der Waals surface area contributed by atoms with Crippen molar-refractivity contribution in [3.63, 3.8) is 0 Å². The third kappa shape index (κ3) is 6.38. The largest absolute Gasteiger partial charge is 0.385 e. The Kier molecular flexibility index (Phi) is 8.70. The Morgan fingerprint density at radius 2 is 1.59 bits per heavy atom. The molecule has 0 aliphatic carbocycles. The zero-order chi connectivity index (χ0) is 24.7. The lowest BCUT2D eigenvalue weighted by Gasteiger charge is -2.15. The highest BCUT2D eigenvalue weighted by Crippen LogP contribution is 2.27. The summed E-state index contributed by atoms with van der Waals surface area (Å²) in [7, 11) is 0. The first-order chi connectivity index (χ1) is 16.3. The van der Waals surface area contributed by atoms with Crippen molar-refractivity contribution in [3.8, 4) is 0 Å². The molecule has 0 heterocycles. The van der Waals surface area contributed by atoms with Crippen LogP contribution in [-0.4, -0.2) is 5.84 Å². The average molecular weight is 454 g/mol. The summed E-state index contributed by atoms with van der Waals surface area (Å²) in [5.74, 6) is 0.574. The molecule has 178 valence electrons. The molecule has 0 saturated heterocycles. The van der Waals surface area contributed by atoms with E-state index in [1.165, 1.54) is 38.9 Å². The Morgan fingerprint density at radius 1 is 0.912 bits per heavy atom. The Labute approximate surface area is 205 Å². The molecule has 3 heteroatoms. The van der Waals surface area contributed by atoms with Crippen molar-refractivity contribution < 1.29 is 0 Å². The van der Waals surface area contributed by atoms with E-state index in [1.54, 1.807) is 0 Å². The van der Waals surface area contributed by atoms with Crippen LogP contribution in [0.5, 0.6) is 0 Å². The van der Waals surface area contributed by atoms with Gasteiger partial charge in [-0.25, -0.2) is 4.99 Å². The lowest BCUT2D eigenvalue weighted by molar-refractivity contribution is 0.747. The standard InChI is InChI=1S/C31H39N3/c1-7-25-18-27(8-2)24(6)30(19-25)34-31(32)28-16-21(3)29(22(4)17-28)15-14-23(5)33-20-26-12-10-9-11-13-26/h9-13,16-19,33H,5,7-8,14-15,20H2,1-4,6H3,(H2,32,34). The Bertz CT molecular complexity index is 1150. The average Bonchev–Trinajstić information content (AvgIpc) is 2.83. The van der Waals surface area contributed by atoms with Crippen molar-refractivity contribution in [3.05, 3.63) is 111 Å². The summed E-state index contributed by atoms with van der Waals surface area (Å²) in [5, 5.41) is 3.46. The second-order valence-electron chi connectivity index (χ2n) is 9.13. The molecular weight excluding hydrogens is 414 g/mol. The third-order valence-electron chi connectivity index (χ3n) is 6.63. The molecule has 0 aliphatic heterocycles. The van der Waals surface area contributed by atoms with Gasteiger partial charge in [0.25, 0.3) is 0 Å². The molecule has 0 aliphatic rings. The Morgan fingerprint density at radius 3 is 2.21 bits per heavy atom. The number of hydrogen-bond donors (Lipinski definition) is 2. The van der Waals surface area contributed by atoms with Crippen molar-refractivity contribution in [2.45, 2.75) is 66.8 Å². The number of nitrogens with two attached hydrogens (primary N) is 1. The normalized spacial score (nSPS) is 11.5. The fourth-order valence-electron chi connectivity index (χ4n) is 4.43. The number of rotatable bonds is 10. The van der Waals surface area contributed by atoms with Crippen LogP contribution in [0, 0.1) is 20.8 Å². The van der Waals surface area contributed by atoms with Gasteiger partial charge in [-0.3, -0.25) is 0 Å². The SMILES string of the molecule is C=C(CCc1c(C)cc(C(N)=Nc2cc(CC)cc(CC)c2C)cc1C)NCc1ccccc1. The second kappa shape index (κ2) is 11.7. The lowest BCUT2D eigenvalue weighted by Crippen LogP contribution is -2.15. The molecule has 0 fully saturated rings. The smallest absolute Gasteiger partial charge is 0.131 e. The van der Waals surface area contributed by atoms with Crippen LogP contribution in [0.2, 0.25) is 0 Å². The van der Waals surface area contributed by atoms with Crippen molar-refractivity contribution in [2.75, 3.05) is 0 Å². The number of nitrogens with zero attached hydrogens (tertiary/aromatic N) is 1. The molecule has 0 bridgehead atoms. The van der Waals surface area contributed by atoms with Crippen LogP contribution in [0.4, 0.5) is 5.69 Å². The summed E-state index contributed by atoms with van der Waals surface area (Å²) >= 11 is 0. The molecule has 0 amide bonds. The summed E-state index contributed by atoms with van der Waals surface area (Å²) in [6.45, 7) is 15.9. The van der Waals surface area contributed by atoms with Crippen LogP contribution in [0.15, 0.2) is 71.9 Å². The maximum absolute atomic E-state index is 6.51. The first-order valence-electron chi connectivity index (χ1n) is 12.3. The minimum absolute atomic E-state index is 0.574. The zero-order valence-corrected chi connectivity index (χ0v) is 21.5. The van der Waals surface area contributed by atoms with Crippen molar-refractivity contribution >= 4 is 11.5 Å². The van der Waals surface area contributed by atoms with Crippen LogP contribution < -0.4 is 11.1 Å². The highest BCUT2D eigenvalue weighted by atomic mass is 14.9. The van der Waals surface area contributed by atoms with E-state index in [4.69, 9.17) is 10.7 Å². The minimum atomic E-state index is 0.574. The van der Waals surface area contributed by atoms with E-state index in [0.717, 1.165) is 49.2 Å². The van der Waals surface area contributed by atoms with Crippen molar-refractivity contribution in [2.24, 2.45) is 10.7 Å². The van der Waals surface area contributed by atoms with Gasteiger partial charge in [-0.2, -0.15) is 0 Å². The first-order valence-corrected chi connectivity index (χ1v) is 12.3. The number of allylic oxidation sites excluding steroid dienone is 1. The van der Waals surface area contributed by atoms with Gasteiger partial charge in [-0.05, 0) is 104 Å². The van der Waals surface area contributed by atoms with Crippen LogP contribution >= 0.6 is 0 Å². The predicted molar refractivity (Wildman–Crippen MR) is 147 cm³/mol. The summed E-state index contributed by atoms with van der Waals surface area (Å²) in [6.07, 6.45) is 3.85. The van der Waals surface area contributed by atoms with E-state index in [-0.39, 0.29) is 0 Å². The topological polar surface area (TPSA) is 50.4 Å². The number of aliphatic imine (C=N–C) groups is 1. The molecule has 3 aromatic rings. The number of nitrogens with one attached hydrogen (secondary N) is 1. The maximum atomic E-state index is 6.51.